The van der Waals surface area contributed by atoms with Crippen LogP contribution < -0.4 is 0 Å². The summed E-state index contributed by atoms with van der Waals surface area (Å²) in [6, 6.07) is 18.1. The third kappa shape index (κ3) is 4.03. The van der Waals surface area contributed by atoms with Crippen LogP contribution in [0.3, 0.4) is 0 Å². The van der Waals surface area contributed by atoms with E-state index in [1.54, 1.807) is 22.9 Å². The first-order chi connectivity index (χ1) is 14.6. The molecule has 4 rings (SSSR count). The number of rotatable bonds is 5. The predicted octanol–water partition coefficient (Wildman–Crippen LogP) is 5.90. The van der Waals surface area contributed by atoms with E-state index in [-0.39, 0.29) is 5.91 Å². The summed E-state index contributed by atoms with van der Waals surface area (Å²) in [7, 11) is 1.86. The highest BCUT2D eigenvalue weighted by molar-refractivity contribution is 7.99. The number of aromatic nitrogens is 1. The first-order valence-electron chi connectivity index (χ1n) is 10.3. The van der Waals surface area contributed by atoms with Crippen molar-refractivity contribution in [2.45, 2.75) is 36.5 Å². The number of hydrogen-bond donors (Lipinski definition) is 0. The van der Waals surface area contributed by atoms with Crippen LogP contribution in [-0.2, 0) is 0 Å². The van der Waals surface area contributed by atoms with Crippen LogP contribution in [-0.4, -0.2) is 35.1 Å². The Morgan fingerprint density at radius 1 is 1.07 bits per heavy atom. The summed E-state index contributed by atoms with van der Waals surface area (Å²) in [6.45, 7) is 4.94. The van der Waals surface area contributed by atoms with E-state index in [0.717, 1.165) is 57.4 Å². The summed E-state index contributed by atoms with van der Waals surface area (Å²) >= 11 is 1.68. The topological polar surface area (TPSA) is 45.6 Å². The van der Waals surface area contributed by atoms with Crippen LogP contribution in [0.2, 0.25) is 0 Å². The zero-order valence-corrected chi connectivity index (χ0v) is 18.4. The Bertz CT molecular complexity index is 1120. The number of benzene rings is 2. The molecule has 0 N–H and O–H groups in total. The number of nitrogens with zero attached hydrogens (tertiary/aromatic N) is 3. The van der Waals surface area contributed by atoms with E-state index in [9.17, 15) is 4.79 Å². The number of aryl methyl sites for hydroxylation is 1. The van der Waals surface area contributed by atoms with Crippen LogP contribution in [0.25, 0.3) is 0 Å². The summed E-state index contributed by atoms with van der Waals surface area (Å²) in [5, 5.41) is 0. The second kappa shape index (κ2) is 8.84. The maximum absolute atomic E-state index is 12.9. The number of pyridine rings is 1. The lowest BCUT2D eigenvalue weighted by Gasteiger charge is -2.17. The summed E-state index contributed by atoms with van der Waals surface area (Å²) in [5.74, 6) is 0.0313. The fourth-order valence-corrected chi connectivity index (χ4v) is 4.51. The first kappa shape index (κ1) is 20.4. The van der Waals surface area contributed by atoms with Crippen molar-refractivity contribution in [3.05, 3.63) is 83.2 Å². The second-order valence-corrected chi connectivity index (χ2v) is 8.57. The molecular weight excluding hydrogens is 390 g/mol. The molecule has 0 radical (unpaired) electrons. The van der Waals surface area contributed by atoms with Crippen molar-refractivity contribution >= 4 is 29.1 Å². The van der Waals surface area contributed by atoms with Crippen molar-refractivity contribution in [2.75, 3.05) is 13.6 Å². The number of carbonyl (C=O) groups excluding carboxylic acids is 1. The highest BCUT2D eigenvalue weighted by Crippen LogP contribution is 2.41. The number of carbonyl (C=O) groups is 1. The van der Waals surface area contributed by atoms with Gasteiger partial charge in [0.1, 0.15) is 0 Å². The molecule has 30 heavy (non-hydrogen) atoms. The summed E-state index contributed by atoms with van der Waals surface area (Å²) in [6.07, 6.45) is 3.86. The van der Waals surface area contributed by atoms with Crippen LogP contribution in [0.15, 0.2) is 75.6 Å². The molecule has 3 aromatic rings. The lowest BCUT2D eigenvalue weighted by molar-refractivity contribution is 0.0793. The maximum atomic E-state index is 12.9. The Hall–Kier alpha value is -2.92. The molecule has 0 unspecified atom stereocenters. The Labute approximate surface area is 182 Å². The van der Waals surface area contributed by atoms with E-state index in [2.05, 4.69) is 37.0 Å². The molecule has 0 atom stereocenters. The molecule has 5 heteroatoms. The van der Waals surface area contributed by atoms with E-state index in [4.69, 9.17) is 4.99 Å². The fourth-order valence-electron chi connectivity index (χ4n) is 3.51. The van der Waals surface area contributed by atoms with Crippen molar-refractivity contribution in [3.63, 3.8) is 0 Å². The molecule has 1 aliphatic rings. The van der Waals surface area contributed by atoms with Gasteiger partial charge in [-0.25, -0.2) is 4.99 Å². The lowest BCUT2D eigenvalue weighted by Crippen LogP contribution is -2.27. The summed E-state index contributed by atoms with van der Waals surface area (Å²) < 4.78 is 0. The number of fused-ring (bicyclic) bond motifs is 2. The van der Waals surface area contributed by atoms with Crippen molar-refractivity contribution in [3.8, 4) is 0 Å². The van der Waals surface area contributed by atoms with Gasteiger partial charge in [-0.15, -0.1) is 0 Å². The number of unbranched alkanes of at least 4 members (excludes halogenated alkanes) is 1. The molecule has 2 heterocycles. The molecule has 0 saturated heterocycles. The highest BCUT2D eigenvalue weighted by Gasteiger charge is 2.22. The second-order valence-electron chi connectivity index (χ2n) is 7.49. The molecule has 1 aromatic heterocycles. The van der Waals surface area contributed by atoms with Crippen LogP contribution in [0.5, 0.6) is 0 Å². The third-order valence-corrected chi connectivity index (χ3v) is 6.37. The van der Waals surface area contributed by atoms with Gasteiger partial charge in [-0.2, -0.15) is 0 Å². The largest absolute Gasteiger partial charge is 0.342 e. The molecule has 152 valence electrons. The van der Waals surface area contributed by atoms with Crippen molar-refractivity contribution in [1.29, 1.82) is 0 Å². The van der Waals surface area contributed by atoms with Gasteiger partial charge in [-0.3, -0.25) is 9.78 Å². The normalized spacial score (nSPS) is 12.4. The fraction of sp³-hybridized carbons (Fsp3) is 0.240. The van der Waals surface area contributed by atoms with Gasteiger partial charge in [-0.1, -0.05) is 49.4 Å². The van der Waals surface area contributed by atoms with Crippen molar-refractivity contribution in [1.82, 2.24) is 9.88 Å². The minimum atomic E-state index is 0.0313. The standard InChI is InChI=1S/C25H25N3OS/c1-4-5-15-28(3)25(29)18-12-13-22-20(16-18)27-24(23-17(2)9-8-14-26-23)19-10-6-7-11-21(19)30-22/h6-14,16H,4-5,15H2,1-3H3. The van der Waals surface area contributed by atoms with Gasteiger partial charge in [0, 0.05) is 40.7 Å². The average molecular weight is 416 g/mol. The van der Waals surface area contributed by atoms with Gasteiger partial charge in [0.25, 0.3) is 5.91 Å². The molecular formula is C25H25N3OS. The minimum absolute atomic E-state index is 0.0313. The van der Waals surface area contributed by atoms with Gasteiger partial charge in [-0.05, 0) is 49.2 Å². The van der Waals surface area contributed by atoms with E-state index in [1.165, 1.54) is 0 Å². The molecule has 1 aliphatic heterocycles. The molecule has 1 amide bonds. The van der Waals surface area contributed by atoms with Gasteiger partial charge in [0.05, 0.1) is 17.1 Å². The Balaban J connectivity index is 1.82. The number of hydrogen-bond acceptors (Lipinski definition) is 4. The quantitative estimate of drug-likeness (QED) is 0.408. The van der Waals surface area contributed by atoms with Crippen molar-refractivity contribution < 1.29 is 4.79 Å². The summed E-state index contributed by atoms with van der Waals surface area (Å²) in [5.41, 5.74) is 5.33. The molecule has 0 aliphatic carbocycles. The van der Waals surface area contributed by atoms with Gasteiger partial charge in [0.15, 0.2) is 0 Å². The van der Waals surface area contributed by atoms with Crippen molar-refractivity contribution in [2.24, 2.45) is 4.99 Å². The third-order valence-electron chi connectivity index (χ3n) is 5.23. The van der Waals surface area contributed by atoms with E-state index in [1.807, 2.05) is 43.4 Å². The smallest absolute Gasteiger partial charge is 0.253 e. The van der Waals surface area contributed by atoms with E-state index in [0.29, 0.717) is 5.56 Å². The molecule has 2 aromatic carbocycles. The van der Waals surface area contributed by atoms with E-state index < -0.39 is 0 Å². The predicted molar refractivity (Wildman–Crippen MR) is 123 cm³/mol. The minimum Gasteiger partial charge on any atom is -0.342 e. The lowest BCUT2D eigenvalue weighted by atomic mass is 10.0. The number of aliphatic imine (C=N–C) groups is 1. The van der Waals surface area contributed by atoms with Crippen LogP contribution in [0.1, 0.15) is 46.9 Å². The molecule has 0 saturated carbocycles. The zero-order chi connectivity index (χ0) is 21.1. The Morgan fingerprint density at radius 3 is 2.70 bits per heavy atom. The zero-order valence-electron chi connectivity index (χ0n) is 17.6. The highest BCUT2D eigenvalue weighted by atomic mass is 32.2. The molecule has 0 bridgehead atoms. The van der Waals surface area contributed by atoms with E-state index >= 15 is 0 Å². The SMILES string of the molecule is CCCCN(C)C(=O)c1ccc2c(c1)N=C(c1ncccc1C)c1ccccc1S2. The number of amides is 1. The average Bonchev–Trinajstić information content (AvgIpc) is 2.93. The molecule has 0 spiro atoms. The van der Waals surface area contributed by atoms with Crippen LogP contribution >= 0.6 is 11.8 Å². The summed E-state index contributed by atoms with van der Waals surface area (Å²) in [4.78, 5) is 26.5. The van der Waals surface area contributed by atoms with Crippen LogP contribution in [0.4, 0.5) is 5.69 Å². The monoisotopic (exact) mass is 415 g/mol. The Kier molecular flexibility index (Phi) is 6.00. The first-order valence-corrected chi connectivity index (χ1v) is 11.1. The van der Waals surface area contributed by atoms with Gasteiger partial charge < -0.3 is 4.90 Å². The van der Waals surface area contributed by atoms with Gasteiger partial charge in [0.2, 0.25) is 0 Å². The molecule has 0 fully saturated rings. The molecule has 4 nitrogen and oxygen atoms in total. The van der Waals surface area contributed by atoms with Gasteiger partial charge >= 0.3 is 0 Å². The Morgan fingerprint density at radius 2 is 1.90 bits per heavy atom. The maximum Gasteiger partial charge on any atom is 0.253 e. The van der Waals surface area contributed by atoms with Crippen LogP contribution in [0, 0.1) is 6.92 Å².